The molecule has 0 aliphatic carbocycles. The molecule has 0 atom stereocenters. The number of hydrogen-bond acceptors (Lipinski definition) is 7. The van der Waals surface area contributed by atoms with Crippen molar-refractivity contribution in [2.75, 3.05) is 11.9 Å². The van der Waals surface area contributed by atoms with Crippen LogP contribution in [0.3, 0.4) is 0 Å². The molecule has 1 N–H and O–H groups in total. The maximum atomic E-state index is 12.9. The van der Waals surface area contributed by atoms with Crippen molar-refractivity contribution in [3.8, 4) is 0 Å². The predicted molar refractivity (Wildman–Crippen MR) is 117 cm³/mol. The van der Waals surface area contributed by atoms with Crippen molar-refractivity contribution in [2.45, 2.75) is 39.3 Å². The third kappa shape index (κ3) is 4.29. The highest BCUT2D eigenvalue weighted by Crippen LogP contribution is 2.29. The zero-order chi connectivity index (χ0) is 22.3. The fourth-order valence-corrected chi connectivity index (χ4v) is 4.37. The van der Waals surface area contributed by atoms with Gasteiger partial charge in [-0.15, -0.1) is 0 Å². The largest absolute Gasteiger partial charge is 0.444 e. The van der Waals surface area contributed by atoms with Crippen molar-refractivity contribution in [1.29, 1.82) is 0 Å². The van der Waals surface area contributed by atoms with Crippen LogP contribution in [0.15, 0.2) is 29.1 Å². The molecular formula is C21H23N5O4S. The molecule has 0 unspecified atom stereocenters. The molecule has 3 heterocycles. The highest BCUT2D eigenvalue weighted by atomic mass is 32.1. The zero-order valence-electron chi connectivity index (χ0n) is 17.8. The highest BCUT2D eigenvalue weighted by Gasteiger charge is 2.28. The van der Waals surface area contributed by atoms with Gasteiger partial charge in [0.25, 0.3) is 11.5 Å². The van der Waals surface area contributed by atoms with Gasteiger partial charge in [0, 0.05) is 30.3 Å². The molecule has 162 valence electrons. The molecule has 2 aromatic heterocycles. The monoisotopic (exact) mass is 441 g/mol. The first-order valence-corrected chi connectivity index (χ1v) is 10.7. The van der Waals surface area contributed by atoms with Crippen molar-refractivity contribution >= 4 is 39.2 Å². The highest BCUT2D eigenvalue weighted by molar-refractivity contribution is 7.15. The second-order valence-electron chi connectivity index (χ2n) is 8.32. The third-order valence-corrected chi connectivity index (χ3v) is 5.77. The van der Waals surface area contributed by atoms with E-state index in [-0.39, 0.29) is 17.3 Å². The first-order chi connectivity index (χ1) is 14.6. The fourth-order valence-electron chi connectivity index (χ4n) is 3.36. The Morgan fingerprint density at radius 1 is 1.19 bits per heavy atom. The molecule has 2 amide bonds. The van der Waals surface area contributed by atoms with Crippen molar-refractivity contribution in [3.63, 3.8) is 0 Å². The van der Waals surface area contributed by atoms with E-state index >= 15 is 0 Å². The molecule has 0 bridgehead atoms. The number of ether oxygens (including phenoxy) is 1. The summed E-state index contributed by atoms with van der Waals surface area (Å²) in [5.41, 5.74) is 0.189. The third-order valence-electron chi connectivity index (χ3n) is 4.77. The quantitative estimate of drug-likeness (QED) is 0.655. The summed E-state index contributed by atoms with van der Waals surface area (Å²) in [4.78, 5) is 44.6. The van der Waals surface area contributed by atoms with E-state index < -0.39 is 11.5 Å². The number of nitrogens with one attached hydrogen (secondary N) is 1. The minimum absolute atomic E-state index is 0.154. The summed E-state index contributed by atoms with van der Waals surface area (Å²) in [7, 11) is 1.51. The minimum Gasteiger partial charge on any atom is -0.444 e. The van der Waals surface area contributed by atoms with Gasteiger partial charge in [-0.1, -0.05) is 29.5 Å². The molecule has 0 fully saturated rings. The van der Waals surface area contributed by atoms with Gasteiger partial charge in [-0.25, -0.2) is 14.5 Å². The average molecular weight is 442 g/mol. The number of aryl methyl sites for hydroxylation is 1. The maximum absolute atomic E-state index is 12.9. The number of anilines is 1. The van der Waals surface area contributed by atoms with Crippen LogP contribution < -0.4 is 10.9 Å². The second kappa shape index (κ2) is 7.77. The molecule has 1 aromatic carbocycles. The molecule has 4 rings (SSSR count). The zero-order valence-corrected chi connectivity index (χ0v) is 18.6. The van der Waals surface area contributed by atoms with E-state index in [9.17, 15) is 14.4 Å². The van der Waals surface area contributed by atoms with Crippen LogP contribution in [0, 0.1) is 0 Å². The summed E-state index contributed by atoms with van der Waals surface area (Å²) in [5, 5.41) is 8.29. The van der Waals surface area contributed by atoms with Crippen LogP contribution in [0.4, 0.5) is 9.93 Å². The second-order valence-corrected chi connectivity index (χ2v) is 9.40. The average Bonchev–Trinajstić information content (AvgIpc) is 3.10. The van der Waals surface area contributed by atoms with E-state index in [0.717, 1.165) is 15.3 Å². The molecule has 9 nitrogen and oxygen atoms in total. The molecule has 1 aliphatic rings. The lowest BCUT2D eigenvalue weighted by atomic mass is 10.1. The van der Waals surface area contributed by atoms with Crippen molar-refractivity contribution in [1.82, 2.24) is 19.7 Å². The number of rotatable bonds is 2. The summed E-state index contributed by atoms with van der Waals surface area (Å²) in [6.45, 7) is 6.39. The first-order valence-electron chi connectivity index (χ1n) is 9.86. The van der Waals surface area contributed by atoms with Gasteiger partial charge in [0.05, 0.1) is 17.6 Å². The van der Waals surface area contributed by atoms with Gasteiger partial charge in [0.1, 0.15) is 5.60 Å². The summed E-state index contributed by atoms with van der Waals surface area (Å²) in [5.74, 6) is -0.443. The Morgan fingerprint density at radius 2 is 1.90 bits per heavy atom. The van der Waals surface area contributed by atoms with E-state index in [1.807, 2.05) is 20.8 Å². The molecule has 1 aliphatic heterocycles. The van der Waals surface area contributed by atoms with E-state index in [1.165, 1.54) is 18.4 Å². The number of thiazole rings is 1. The molecule has 10 heteroatoms. The lowest BCUT2D eigenvalue weighted by Crippen LogP contribution is -2.39. The Kier molecular flexibility index (Phi) is 5.26. The van der Waals surface area contributed by atoms with Gasteiger partial charge in [-0.2, -0.15) is 5.10 Å². The lowest BCUT2D eigenvalue weighted by Gasteiger charge is -2.29. The van der Waals surface area contributed by atoms with Crippen molar-refractivity contribution in [3.05, 3.63) is 50.9 Å². The van der Waals surface area contributed by atoms with Crippen molar-refractivity contribution < 1.29 is 14.3 Å². The predicted octanol–water partition coefficient (Wildman–Crippen LogP) is 2.94. The van der Waals surface area contributed by atoms with Crippen LogP contribution in [-0.2, 0) is 24.8 Å². The maximum Gasteiger partial charge on any atom is 0.410 e. The summed E-state index contributed by atoms with van der Waals surface area (Å²) in [6, 6.07) is 6.87. The van der Waals surface area contributed by atoms with Crippen molar-refractivity contribution in [2.24, 2.45) is 7.05 Å². The van der Waals surface area contributed by atoms with Gasteiger partial charge in [0.15, 0.2) is 10.8 Å². The van der Waals surface area contributed by atoms with Crippen LogP contribution in [0.2, 0.25) is 0 Å². The summed E-state index contributed by atoms with van der Waals surface area (Å²) >= 11 is 1.32. The Bertz CT molecular complexity index is 1240. The van der Waals surface area contributed by atoms with Crippen LogP contribution in [0.1, 0.15) is 41.8 Å². The summed E-state index contributed by atoms with van der Waals surface area (Å²) < 4.78 is 6.60. The molecule has 3 aromatic rings. The molecule has 31 heavy (non-hydrogen) atoms. The van der Waals surface area contributed by atoms with Gasteiger partial charge >= 0.3 is 6.09 Å². The SMILES string of the molecule is Cn1nc(C(=O)Nc2nc3c(s2)CN(C(=O)OC(C)(C)C)CC3)c2ccccc2c1=O. The van der Waals surface area contributed by atoms with E-state index in [0.29, 0.717) is 35.4 Å². The first kappa shape index (κ1) is 21.0. The topological polar surface area (TPSA) is 106 Å². The molecular weight excluding hydrogens is 418 g/mol. The molecule has 0 saturated carbocycles. The van der Waals surface area contributed by atoms with E-state index in [2.05, 4.69) is 15.4 Å². The number of hydrogen-bond donors (Lipinski definition) is 1. The van der Waals surface area contributed by atoms with Gasteiger partial charge in [0.2, 0.25) is 0 Å². The number of amides is 2. The Morgan fingerprint density at radius 3 is 2.61 bits per heavy atom. The number of carbonyl (C=O) groups excluding carboxylic acids is 2. The minimum atomic E-state index is -0.560. The fraction of sp³-hybridized carbons (Fsp3) is 0.381. The standard InChI is InChI=1S/C21H23N5O4S/c1-21(2,3)30-20(29)26-10-9-14-15(11-26)31-19(22-14)23-17(27)16-12-7-5-6-8-13(12)18(28)25(4)24-16/h5-8H,9-11H2,1-4H3,(H,22,23,27). The van der Waals surface area contributed by atoms with Crippen LogP contribution in [0.5, 0.6) is 0 Å². The Balaban J connectivity index is 1.55. The van der Waals surface area contributed by atoms with Gasteiger partial charge in [-0.3, -0.25) is 14.9 Å². The smallest absolute Gasteiger partial charge is 0.410 e. The van der Waals surface area contributed by atoms with E-state index in [1.54, 1.807) is 29.2 Å². The Labute approximate surface area is 182 Å². The van der Waals surface area contributed by atoms with Gasteiger partial charge in [-0.05, 0) is 26.8 Å². The van der Waals surface area contributed by atoms with Crippen LogP contribution in [0.25, 0.3) is 10.8 Å². The van der Waals surface area contributed by atoms with Crippen LogP contribution >= 0.6 is 11.3 Å². The normalized spacial score (nSPS) is 13.7. The number of fused-ring (bicyclic) bond motifs is 2. The molecule has 0 saturated heterocycles. The van der Waals surface area contributed by atoms with Crippen LogP contribution in [-0.4, -0.2) is 43.8 Å². The van der Waals surface area contributed by atoms with E-state index in [4.69, 9.17) is 4.74 Å². The number of nitrogens with zero attached hydrogens (tertiary/aromatic N) is 4. The molecule has 0 spiro atoms. The number of aromatic nitrogens is 3. The lowest BCUT2D eigenvalue weighted by molar-refractivity contribution is 0.0225. The summed E-state index contributed by atoms with van der Waals surface area (Å²) in [6.07, 6.45) is 0.222. The molecule has 0 radical (unpaired) electrons. The van der Waals surface area contributed by atoms with Gasteiger partial charge < -0.3 is 9.64 Å². The Hall–Kier alpha value is -3.27. The number of carbonyl (C=O) groups is 2. The number of benzene rings is 1.